The van der Waals surface area contributed by atoms with Gasteiger partial charge in [-0.25, -0.2) is 0 Å². The fourth-order valence-electron chi connectivity index (χ4n) is 3.73. The summed E-state index contributed by atoms with van der Waals surface area (Å²) in [5.41, 5.74) is 1.41. The van der Waals surface area contributed by atoms with Crippen LogP contribution in [0.3, 0.4) is 0 Å². The maximum atomic E-state index is 12.6. The number of hydrogen-bond acceptors (Lipinski definition) is 4. The highest BCUT2D eigenvalue weighted by atomic mass is 35.5. The molecule has 0 atom stereocenters. The average Bonchev–Trinajstić information content (AvgIpc) is 3.03. The van der Waals surface area contributed by atoms with E-state index in [4.69, 9.17) is 9.47 Å². The summed E-state index contributed by atoms with van der Waals surface area (Å²) >= 11 is 0. The number of nitrogens with zero attached hydrogens (tertiary/aromatic N) is 1. The molecule has 2 aliphatic rings. The number of likely N-dealkylation sites (tertiary alicyclic amines) is 1. The first-order chi connectivity index (χ1) is 11.2. The molecule has 0 radical (unpaired) electrons. The number of benzene rings is 1. The highest BCUT2D eigenvalue weighted by molar-refractivity contribution is 5.85. The summed E-state index contributed by atoms with van der Waals surface area (Å²) in [6.07, 6.45) is 3.92. The lowest BCUT2D eigenvalue weighted by atomic mass is 9.78. The summed E-state index contributed by atoms with van der Waals surface area (Å²) in [5, 5.41) is 3.46. The summed E-state index contributed by atoms with van der Waals surface area (Å²) < 4.78 is 10.6. The Kier molecular flexibility index (Phi) is 6.35. The molecule has 24 heavy (non-hydrogen) atoms. The molecule has 1 amide bonds. The molecule has 134 valence electrons. The maximum Gasteiger partial charge on any atom is 0.226 e. The fraction of sp³-hybridized carbons (Fsp3) is 0.611. The zero-order valence-electron chi connectivity index (χ0n) is 14.5. The quantitative estimate of drug-likeness (QED) is 0.901. The summed E-state index contributed by atoms with van der Waals surface area (Å²) in [6.45, 7) is 4.01. The predicted octanol–water partition coefficient (Wildman–Crippen LogP) is 2.27. The third-order valence-electron chi connectivity index (χ3n) is 5.31. The molecule has 0 bridgehead atoms. The molecular weight excluding hydrogens is 328 g/mol. The lowest BCUT2D eigenvalue weighted by Crippen LogP contribution is -2.44. The van der Waals surface area contributed by atoms with Gasteiger partial charge in [0.05, 0.1) is 20.6 Å². The molecule has 1 N–H and O–H groups in total. The number of amides is 1. The first-order valence-corrected chi connectivity index (χ1v) is 8.35. The van der Waals surface area contributed by atoms with Crippen molar-refractivity contribution in [1.82, 2.24) is 10.2 Å². The van der Waals surface area contributed by atoms with Gasteiger partial charge in [0, 0.05) is 19.6 Å². The first kappa shape index (κ1) is 18.9. The van der Waals surface area contributed by atoms with Gasteiger partial charge >= 0.3 is 0 Å². The Labute approximate surface area is 150 Å². The molecule has 0 saturated carbocycles. The van der Waals surface area contributed by atoms with Gasteiger partial charge in [0.2, 0.25) is 5.91 Å². The molecule has 2 saturated heterocycles. The van der Waals surface area contributed by atoms with Gasteiger partial charge in [-0.2, -0.15) is 0 Å². The summed E-state index contributed by atoms with van der Waals surface area (Å²) in [5.74, 6) is 1.57. The van der Waals surface area contributed by atoms with Crippen LogP contribution in [0, 0.1) is 5.41 Å². The Morgan fingerprint density at radius 3 is 2.46 bits per heavy atom. The van der Waals surface area contributed by atoms with Crippen molar-refractivity contribution in [1.29, 1.82) is 0 Å². The molecule has 0 unspecified atom stereocenters. The van der Waals surface area contributed by atoms with Crippen molar-refractivity contribution >= 4 is 18.3 Å². The molecular formula is C18H27ClN2O3. The molecule has 1 spiro atoms. The lowest BCUT2D eigenvalue weighted by molar-refractivity contribution is -0.132. The van der Waals surface area contributed by atoms with Gasteiger partial charge < -0.3 is 19.7 Å². The number of ether oxygens (including phenoxy) is 2. The monoisotopic (exact) mass is 354 g/mol. The van der Waals surface area contributed by atoms with Crippen molar-refractivity contribution in [3.05, 3.63) is 23.8 Å². The highest BCUT2D eigenvalue weighted by Gasteiger charge is 2.37. The molecule has 0 aromatic heterocycles. The molecule has 2 fully saturated rings. The molecule has 2 aliphatic heterocycles. The van der Waals surface area contributed by atoms with Crippen LogP contribution in [0.15, 0.2) is 18.2 Å². The number of piperidine rings is 1. The molecule has 0 aliphatic carbocycles. The Morgan fingerprint density at radius 2 is 1.88 bits per heavy atom. The number of carbonyl (C=O) groups is 1. The Hall–Kier alpha value is -1.46. The summed E-state index contributed by atoms with van der Waals surface area (Å²) in [4.78, 5) is 14.6. The average molecular weight is 355 g/mol. The van der Waals surface area contributed by atoms with E-state index >= 15 is 0 Å². The van der Waals surface area contributed by atoms with Crippen molar-refractivity contribution in [3.63, 3.8) is 0 Å². The second kappa shape index (κ2) is 8.08. The van der Waals surface area contributed by atoms with Crippen molar-refractivity contribution in [2.24, 2.45) is 5.41 Å². The zero-order valence-corrected chi connectivity index (χ0v) is 15.3. The Balaban J connectivity index is 0.00000208. The van der Waals surface area contributed by atoms with Crippen LogP contribution in [0.5, 0.6) is 11.5 Å². The van der Waals surface area contributed by atoms with Crippen molar-refractivity contribution in [2.75, 3.05) is 40.4 Å². The van der Waals surface area contributed by atoms with E-state index in [1.807, 2.05) is 23.1 Å². The molecule has 1 aromatic rings. The van der Waals surface area contributed by atoms with Gasteiger partial charge in [0.15, 0.2) is 11.5 Å². The van der Waals surface area contributed by atoms with Crippen molar-refractivity contribution in [2.45, 2.75) is 25.7 Å². The fourth-order valence-corrected chi connectivity index (χ4v) is 3.73. The van der Waals surface area contributed by atoms with E-state index in [0.29, 0.717) is 23.3 Å². The van der Waals surface area contributed by atoms with E-state index in [2.05, 4.69) is 5.32 Å². The second-order valence-corrected chi connectivity index (χ2v) is 6.67. The van der Waals surface area contributed by atoms with Crippen LogP contribution in [0.25, 0.3) is 0 Å². The second-order valence-electron chi connectivity index (χ2n) is 6.67. The largest absolute Gasteiger partial charge is 0.493 e. The van der Waals surface area contributed by atoms with Gasteiger partial charge in [-0.1, -0.05) is 6.07 Å². The van der Waals surface area contributed by atoms with Crippen LogP contribution < -0.4 is 14.8 Å². The van der Waals surface area contributed by atoms with E-state index in [1.54, 1.807) is 14.2 Å². The lowest BCUT2D eigenvalue weighted by Gasteiger charge is -2.39. The zero-order chi connectivity index (χ0) is 16.3. The van der Waals surface area contributed by atoms with E-state index in [1.165, 1.54) is 6.42 Å². The number of rotatable bonds is 4. The molecule has 3 rings (SSSR count). The number of nitrogens with one attached hydrogen (secondary N) is 1. The summed E-state index contributed by atoms with van der Waals surface area (Å²) in [6, 6.07) is 5.69. The minimum Gasteiger partial charge on any atom is -0.493 e. The van der Waals surface area contributed by atoms with Crippen LogP contribution >= 0.6 is 12.4 Å². The van der Waals surface area contributed by atoms with Crippen LogP contribution in [0.1, 0.15) is 24.8 Å². The number of hydrogen-bond donors (Lipinski definition) is 1. The van der Waals surface area contributed by atoms with E-state index < -0.39 is 0 Å². The van der Waals surface area contributed by atoms with Gasteiger partial charge in [-0.15, -0.1) is 12.4 Å². The van der Waals surface area contributed by atoms with Crippen molar-refractivity contribution < 1.29 is 14.3 Å². The van der Waals surface area contributed by atoms with Gasteiger partial charge in [0.25, 0.3) is 0 Å². The minimum absolute atomic E-state index is 0. The van der Waals surface area contributed by atoms with E-state index in [-0.39, 0.29) is 18.3 Å². The highest BCUT2D eigenvalue weighted by Crippen LogP contribution is 2.37. The number of methoxy groups -OCH3 is 2. The SMILES string of the molecule is COc1ccc(CC(=O)N2CCC3(CCNC3)CC2)cc1OC.Cl. The van der Waals surface area contributed by atoms with Crippen LogP contribution in [-0.4, -0.2) is 51.2 Å². The molecule has 5 nitrogen and oxygen atoms in total. The standard InChI is InChI=1S/C18H26N2O3.ClH/c1-22-15-4-3-14(11-16(15)23-2)12-17(21)20-9-6-18(7-10-20)5-8-19-13-18;/h3-4,11,19H,5-10,12-13H2,1-2H3;1H. The molecule has 1 aromatic carbocycles. The van der Waals surface area contributed by atoms with Crippen LogP contribution in [-0.2, 0) is 11.2 Å². The van der Waals surface area contributed by atoms with Crippen LogP contribution in [0.4, 0.5) is 0 Å². The van der Waals surface area contributed by atoms with Gasteiger partial charge in [-0.05, 0) is 48.9 Å². The number of carbonyl (C=O) groups excluding carboxylic acids is 1. The topological polar surface area (TPSA) is 50.8 Å². The molecule has 6 heteroatoms. The minimum atomic E-state index is 0. The van der Waals surface area contributed by atoms with Crippen LogP contribution in [0.2, 0.25) is 0 Å². The van der Waals surface area contributed by atoms with E-state index in [0.717, 1.165) is 44.6 Å². The predicted molar refractivity (Wildman–Crippen MR) is 96.2 cm³/mol. The van der Waals surface area contributed by atoms with Gasteiger partial charge in [-0.3, -0.25) is 4.79 Å². The third kappa shape index (κ3) is 3.95. The first-order valence-electron chi connectivity index (χ1n) is 8.35. The third-order valence-corrected chi connectivity index (χ3v) is 5.31. The normalized spacial score (nSPS) is 19.0. The maximum absolute atomic E-state index is 12.6. The summed E-state index contributed by atoms with van der Waals surface area (Å²) in [7, 11) is 3.23. The molecule has 2 heterocycles. The van der Waals surface area contributed by atoms with Crippen molar-refractivity contribution in [3.8, 4) is 11.5 Å². The van der Waals surface area contributed by atoms with E-state index in [9.17, 15) is 4.79 Å². The number of halogens is 1. The smallest absolute Gasteiger partial charge is 0.226 e. The Bertz CT molecular complexity index is 563. The Morgan fingerprint density at radius 1 is 1.17 bits per heavy atom. The van der Waals surface area contributed by atoms with Gasteiger partial charge in [0.1, 0.15) is 0 Å².